The van der Waals surface area contributed by atoms with Gasteiger partial charge >= 0.3 is 12.2 Å². The van der Waals surface area contributed by atoms with E-state index in [1.54, 1.807) is 16.0 Å². The van der Waals surface area contributed by atoms with Crippen LogP contribution in [0.2, 0.25) is 0 Å². The van der Waals surface area contributed by atoms with Gasteiger partial charge in [-0.3, -0.25) is 9.69 Å². The molecule has 54 heavy (non-hydrogen) atoms. The van der Waals surface area contributed by atoms with Crippen LogP contribution in [-0.4, -0.2) is 89.6 Å². The number of carbonyl (C=O) groups is 3. The number of imidazole rings is 2. The molecule has 0 aliphatic carbocycles. The minimum atomic E-state index is -0.689. The summed E-state index contributed by atoms with van der Waals surface area (Å²) in [4.78, 5) is 67.6. The fraction of sp³-hybridized carbons (Fsp3) is 0.425. The Hall–Kier alpha value is -5.79. The molecule has 2 fully saturated rings. The van der Waals surface area contributed by atoms with E-state index in [0.717, 1.165) is 70.5 Å². The molecule has 2 saturated heterocycles. The largest absolute Gasteiger partial charge is 0.453 e. The number of hydrogen-bond donors (Lipinski definition) is 3. The molecule has 3 atom stereocenters. The van der Waals surface area contributed by atoms with E-state index in [1.807, 2.05) is 89.5 Å². The molecule has 2 aliphatic heterocycles. The zero-order valence-corrected chi connectivity index (χ0v) is 31.6. The van der Waals surface area contributed by atoms with Gasteiger partial charge in [-0.25, -0.2) is 29.5 Å². The average molecular weight is 734 g/mol. The topological polar surface area (TPSA) is 171 Å². The molecule has 0 bridgehead atoms. The quantitative estimate of drug-likeness (QED) is 0.149. The van der Waals surface area contributed by atoms with E-state index in [1.165, 1.54) is 7.11 Å². The molecule has 14 heteroatoms. The first-order chi connectivity index (χ1) is 25.9. The van der Waals surface area contributed by atoms with Gasteiger partial charge in [0.2, 0.25) is 5.91 Å². The van der Waals surface area contributed by atoms with Gasteiger partial charge in [-0.05, 0) is 75.6 Å². The highest BCUT2D eigenvalue weighted by molar-refractivity contribution is 5.86. The van der Waals surface area contributed by atoms with Gasteiger partial charge in [0, 0.05) is 36.6 Å². The van der Waals surface area contributed by atoms with Gasteiger partial charge in [0.25, 0.3) is 0 Å². The van der Waals surface area contributed by atoms with Crippen molar-refractivity contribution in [1.82, 2.24) is 45.0 Å². The summed E-state index contributed by atoms with van der Waals surface area (Å²) in [6.45, 7) is 10.6. The lowest BCUT2D eigenvalue weighted by Gasteiger charge is -2.30. The second kappa shape index (κ2) is 14.9. The summed E-state index contributed by atoms with van der Waals surface area (Å²) in [7, 11) is 1.29. The molecule has 2 aromatic carbocycles. The van der Waals surface area contributed by atoms with Crippen LogP contribution in [-0.2, 0) is 14.3 Å². The van der Waals surface area contributed by atoms with E-state index in [2.05, 4.69) is 30.2 Å². The molecule has 3 N–H and O–H groups in total. The van der Waals surface area contributed by atoms with Gasteiger partial charge in [-0.15, -0.1) is 0 Å². The average Bonchev–Trinajstić information content (AvgIpc) is 3.98. The first-order valence-corrected chi connectivity index (χ1v) is 18.5. The number of nitrogens with zero attached hydrogens (tertiary/aromatic N) is 6. The number of nitrogens with one attached hydrogen (secondary N) is 3. The van der Waals surface area contributed by atoms with Crippen LogP contribution in [0.3, 0.4) is 0 Å². The number of H-pyrrole nitrogens is 2. The second-order valence-electron chi connectivity index (χ2n) is 15.3. The lowest BCUT2D eigenvalue weighted by molar-refractivity contribution is -0.135. The Balaban J connectivity index is 1.02. The summed E-state index contributed by atoms with van der Waals surface area (Å²) >= 11 is 0. The van der Waals surface area contributed by atoms with Crippen LogP contribution in [0, 0.1) is 5.92 Å². The van der Waals surface area contributed by atoms with Gasteiger partial charge in [-0.2, -0.15) is 0 Å². The molecule has 7 rings (SSSR count). The molecule has 14 nitrogen and oxygen atoms in total. The zero-order valence-electron chi connectivity index (χ0n) is 31.6. The van der Waals surface area contributed by atoms with Gasteiger partial charge < -0.3 is 29.7 Å². The Kier molecular flexibility index (Phi) is 10.1. The van der Waals surface area contributed by atoms with Crippen molar-refractivity contribution in [3.8, 4) is 33.8 Å². The van der Waals surface area contributed by atoms with Crippen LogP contribution >= 0.6 is 0 Å². The maximum Gasteiger partial charge on any atom is 0.410 e. The number of likely N-dealkylation sites (tertiary alicyclic amines) is 2. The molecular formula is C40H47N9O5. The summed E-state index contributed by atoms with van der Waals surface area (Å²) in [6.07, 6.45) is 7.81. The Morgan fingerprint density at radius 1 is 0.815 bits per heavy atom. The number of amides is 3. The molecule has 2 aliphatic rings. The fourth-order valence-electron chi connectivity index (χ4n) is 7.23. The van der Waals surface area contributed by atoms with E-state index in [9.17, 15) is 14.4 Å². The second-order valence-corrected chi connectivity index (χ2v) is 15.3. The number of methoxy groups -OCH3 is 1. The Morgan fingerprint density at radius 3 is 2.13 bits per heavy atom. The van der Waals surface area contributed by atoms with Crippen molar-refractivity contribution in [2.24, 2.45) is 5.92 Å². The van der Waals surface area contributed by atoms with E-state index >= 15 is 0 Å². The third kappa shape index (κ3) is 7.64. The van der Waals surface area contributed by atoms with Crippen LogP contribution in [0.5, 0.6) is 0 Å². The molecular weight excluding hydrogens is 686 g/mol. The number of fused-ring (bicyclic) bond motifs is 1. The molecule has 3 amide bonds. The summed E-state index contributed by atoms with van der Waals surface area (Å²) in [5.41, 5.74) is 5.61. The van der Waals surface area contributed by atoms with E-state index in [4.69, 9.17) is 14.5 Å². The zero-order chi connectivity index (χ0) is 38.1. The van der Waals surface area contributed by atoms with Crippen LogP contribution in [0.25, 0.3) is 44.8 Å². The summed E-state index contributed by atoms with van der Waals surface area (Å²) < 4.78 is 10.4. The number of aromatic nitrogens is 6. The number of hydrogen-bond acceptors (Lipinski definition) is 9. The van der Waals surface area contributed by atoms with Crippen LogP contribution in [0.1, 0.15) is 84.0 Å². The number of aromatic amines is 2. The minimum Gasteiger partial charge on any atom is -0.453 e. The van der Waals surface area contributed by atoms with Crippen molar-refractivity contribution < 1.29 is 23.9 Å². The van der Waals surface area contributed by atoms with Gasteiger partial charge in [0.05, 0.1) is 42.1 Å². The number of rotatable bonds is 8. The molecule has 0 saturated carbocycles. The molecule has 3 aromatic heterocycles. The van der Waals surface area contributed by atoms with Crippen molar-refractivity contribution in [2.75, 3.05) is 20.2 Å². The lowest BCUT2D eigenvalue weighted by atomic mass is 10.0. The van der Waals surface area contributed by atoms with Crippen LogP contribution in [0.4, 0.5) is 9.59 Å². The normalized spacial score (nSPS) is 18.0. The molecule has 0 radical (unpaired) electrons. The summed E-state index contributed by atoms with van der Waals surface area (Å²) in [5.74, 6) is 1.82. The third-order valence-corrected chi connectivity index (χ3v) is 9.97. The Morgan fingerprint density at radius 2 is 1.46 bits per heavy atom. The van der Waals surface area contributed by atoms with Gasteiger partial charge in [0.15, 0.2) is 5.82 Å². The summed E-state index contributed by atoms with van der Waals surface area (Å²) in [6, 6.07) is 12.9. The highest BCUT2D eigenvalue weighted by Gasteiger charge is 2.38. The highest BCUT2D eigenvalue weighted by atomic mass is 16.6. The monoisotopic (exact) mass is 733 g/mol. The molecule has 0 unspecified atom stereocenters. The lowest BCUT2D eigenvalue weighted by Crippen LogP contribution is -2.51. The predicted molar refractivity (Wildman–Crippen MR) is 203 cm³/mol. The molecule has 5 heterocycles. The maximum absolute atomic E-state index is 13.5. The van der Waals surface area contributed by atoms with Crippen molar-refractivity contribution in [3.05, 3.63) is 72.7 Å². The third-order valence-electron chi connectivity index (χ3n) is 9.97. The van der Waals surface area contributed by atoms with Crippen molar-refractivity contribution in [3.63, 3.8) is 0 Å². The van der Waals surface area contributed by atoms with Crippen LogP contribution < -0.4 is 5.32 Å². The number of carbonyl (C=O) groups excluding carboxylic acids is 3. The maximum atomic E-state index is 13.5. The minimum absolute atomic E-state index is 0.105. The fourth-order valence-corrected chi connectivity index (χ4v) is 7.23. The van der Waals surface area contributed by atoms with Gasteiger partial charge in [-0.1, -0.05) is 44.2 Å². The van der Waals surface area contributed by atoms with Crippen molar-refractivity contribution in [1.29, 1.82) is 0 Å². The SMILES string of the molecule is COC(=O)N[C@H](C(=O)N1CCC[C@H]1c1ncc(-c2ccc(-c3ncc(-c4ccc5nc([C@@H]6CCCN6C(=O)OC(C)(C)C)[nH]c5c4)cn3)cc2)[nH]1)C(C)C. The van der Waals surface area contributed by atoms with E-state index < -0.39 is 17.7 Å². The first-order valence-electron chi connectivity index (χ1n) is 18.5. The van der Waals surface area contributed by atoms with Crippen molar-refractivity contribution >= 4 is 29.1 Å². The smallest absolute Gasteiger partial charge is 0.410 e. The Bertz CT molecular complexity index is 2140. The number of ether oxygens (including phenoxy) is 2. The first kappa shape index (κ1) is 36.6. The van der Waals surface area contributed by atoms with Crippen molar-refractivity contribution in [2.45, 2.75) is 84.0 Å². The predicted octanol–water partition coefficient (Wildman–Crippen LogP) is 7.19. The van der Waals surface area contributed by atoms with Gasteiger partial charge in [0.1, 0.15) is 23.3 Å². The molecule has 282 valence electrons. The highest BCUT2D eigenvalue weighted by Crippen LogP contribution is 2.35. The van der Waals surface area contributed by atoms with E-state index in [-0.39, 0.29) is 30.0 Å². The Labute approximate surface area is 314 Å². The molecule has 0 spiro atoms. The standard InChI is InChI=1S/C40H47N9O5/c1-23(2)33(47-38(51)53-6)37(50)48-17-7-9-31(48)35-43-22-30(46-35)24-11-13-25(14-12-24)34-41-20-27(21-42-34)26-15-16-28-29(19-26)45-36(44-28)32-10-8-18-49(32)39(52)54-40(3,4)5/h11-16,19-23,31-33H,7-10,17-18H2,1-6H3,(H,43,46)(H,44,45)(H,47,51)/t31-,32-,33-/m0/s1. The van der Waals surface area contributed by atoms with E-state index in [0.29, 0.717) is 24.7 Å². The molecule has 5 aromatic rings. The number of benzene rings is 2. The summed E-state index contributed by atoms with van der Waals surface area (Å²) in [5, 5.41) is 2.69. The number of alkyl carbamates (subject to hydrolysis) is 1. The van der Waals surface area contributed by atoms with Crippen LogP contribution in [0.15, 0.2) is 61.1 Å².